The van der Waals surface area contributed by atoms with E-state index in [1.807, 2.05) is 13.0 Å². The second-order valence-corrected chi connectivity index (χ2v) is 26.7. The molecule has 7 amide bonds. The highest BCUT2D eigenvalue weighted by Gasteiger charge is 2.64. The highest BCUT2D eigenvalue weighted by Crippen LogP contribution is 2.49. The number of amides is 7. The Morgan fingerprint density at radius 2 is 1.50 bits per heavy atom. The van der Waals surface area contributed by atoms with E-state index in [2.05, 4.69) is 63.1 Å². The molecule has 101 heavy (non-hydrogen) atoms. The molecule has 0 spiro atoms. The number of carbonyl (C=O) groups is 10. The van der Waals surface area contributed by atoms with Crippen molar-refractivity contribution < 1.29 is 95.7 Å². The predicted octanol–water partition coefficient (Wildman–Crippen LogP) is 5.48. The van der Waals surface area contributed by atoms with Gasteiger partial charge in [0.1, 0.15) is 46.8 Å². The average molecular weight is 1560 g/mol. The summed E-state index contributed by atoms with van der Waals surface area (Å²) in [6.07, 6.45) is 0.447. The third-order valence-corrected chi connectivity index (χ3v) is 19.0. The molecule has 3 aliphatic rings. The number of epoxide rings is 1. The minimum Gasteiger partial charge on any atom is -0.495 e. The number of ether oxygens (including phenoxy) is 9. The second kappa shape index (κ2) is 40.1. The molecule has 29 nitrogen and oxygen atoms in total. The maximum absolute atomic E-state index is 14.4. The molecule has 0 radical (unpaired) electrons. The van der Waals surface area contributed by atoms with Crippen LogP contribution in [0.3, 0.4) is 0 Å². The van der Waals surface area contributed by atoms with Gasteiger partial charge in [-0.25, -0.2) is 19.6 Å². The number of Topliss-reactive ketones (excluding diaryl/α,β-unsaturated/α-hetero) is 2. The monoisotopic (exact) mass is 1560 g/mol. The number of aliphatic hydroxyl groups is 1. The molecule has 556 valence electrons. The lowest BCUT2D eigenvalue weighted by Crippen LogP contribution is -2.63. The lowest BCUT2D eigenvalue weighted by atomic mass is 9.83. The summed E-state index contributed by atoms with van der Waals surface area (Å²) in [5.74, 6) is -5.69. The standard InChI is InChI=1S/C69H94Br2ClN9O20/c1-40-14-12-16-56(94-9)69(92)36-55(99-67(91)79-69)41(2)64-68(5,101-64)57(35-62(88)81(7)51-31-44(30-40)32-54(93-8)63(51)72)100-66(90)43(4)80(6)61(87)18-11-10-17-59(85)74-39-53(83)42(3)75-65(89)48(34-58(73)84)78-60(86)21-23-96-25-27-98-29-28-97-26-24-95-22-13-15-52(82)45-19-20-46-47(33-45)77-50(38-71)49(37-70)76-46/h12,14,16,19-20,31-33,41-43,48,55-57,64,92H,10-11,13,15,17-18,21-30,34-39H2,1-9H3,(H2,73,84)(H,74,85)(H,75,89)(H,78,86)(H,79,91)/b16-12+,40-14+/t41-,42+,43+,48+,55+,56-,57+,64+,68+,69+/m1/s1. The van der Waals surface area contributed by atoms with Gasteiger partial charge < -0.3 is 79.2 Å². The van der Waals surface area contributed by atoms with Crippen molar-refractivity contribution in [2.45, 2.75) is 170 Å². The molecule has 1 aromatic heterocycles. The van der Waals surface area contributed by atoms with E-state index in [-0.39, 0.29) is 75.8 Å². The number of ketones is 2. The van der Waals surface area contributed by atoms with Crippen LogP contribution in [0, 0.1) is 5.92 Å². The van der Waals surface area contributed by atoms with Gasteiger partial charge >= 0.3 is 12.1 Å². The molecule has 0 saturated carbocycles. The number of likely N-dealkylation sites (N-methyl/N-ethyl adjacent to an activating group) is 1. The number of aromatic nitrogens is 2. The van der Waals surface area contributed by atoms with Gasteiger partial charge in [0.25, 0.3) is 0 Å². The summed E-state index contributed by atoms with van der Waals surface area (Å²) in [4.78, 5) is 143. The molecule has 2 aromatic carbocycles. The van der Waals surface area contributed by atoms with Gasteiger partial charge in [-0.05, 0) is 89.3 Å². The van der Waals surface area contributed by atoms with E-state index in [1.165, 1.54) is 52.0 Å². The van der Waals surface area contributed by atoms with Crippen LogP contribution < -0.4 is 36.6 Å². The van der Waals surface area contributed by atoms with Crippen molar-refractivity contribution in [3.8, 4) is 5.75 Å². The number of nitrogens with two attached hydrogens (primary N) is 1. The Morgan fingerprint density at radius 1 is 0.861 bits per heavy atom. The molecule has 7 N–H and O–H groups in total. The fourth-order valence-electron chi connectivity index (χ4n) is 11.4. The van der Waals surface area contributed by atoms with Crippen LogP contribution in [0.5, 0.6) is 5.75 Å². The summed E-state index contributed by atoms with van der Waals surface area (Å²) >= 11 is 13.7. The molecule has 0 aliphatic carbocycles. The number of carbonyl (C=O) groups excluding carboxylic acids is 10. The van der Waals surface area contributed by atoms with Crippen LogP contribution >= 0.6 is 43.5 Å². The normalized spacial score (nSPS) is 22.4. The number of alkyl halides is 2. The Labute approximate surface area is 609 Å². The number of primary amides is 1. The summed E-state index contributed by atoms with van der Waals surface area (Å²) in [7, 11) is 5.78. The summed E-state index contributed by atoms with van der Waals surface area (Å²) < 4.78 is 51.5. The van der Waals surface area contributed by atoms with Crippen molar-refractivity contribution in [1.29, 1.82) is 0 Å². The number of halogens is 3. The summed E-state index contributed by atoms with van der Waals surface area (Å²) in [6.45, 7) is 9.60. The minimum absolute atomic E-state index is 0.00793. The molecule has 0 unspecified atom stereocenters. The highest BCUT2D eigenvalue weighted by atomic mass is 79.9. The van der Waals surface area contributed by atoms with Crippen molar-refractivity contribution in [3.63, 3.8) is 0 Å². The lowest BCUT2D eigenvalue weighted by molar-refractivity contribution is -0.162. The molecule has 10 atom stereocenters. The van der Waals surface area contributed by atoms with E-state index >= 15 is 0 Å². The third kappa shape index (κ3) is 24.5. The van der Waals surface area contributed by atoms with Crippen LogP contribution in [0.25, 0.3) is 11.0 Å². The average Bonchev–Trinajstić information content (AvgIpc) is 1.57. The number of fused-ring (bicyclic) bond motifs is 6. The van der Waals surface area contributed by atoms with Crippen molar-refractivity contribution in [2.24, 2.45) is 11.7 Å². The highest BCUT2D eigenvalue weighted by molar-refractivity contribution is 9.09. The van der Waals surface area contributed by atoms with Crippen molar-refractivity contribution >= 4 is 119 Å². The maximum Gasteiger partial charge on any atom is 0.409 e. The molecule has 2 fully saturated rings. The van der Waals surface area contributed by atoms with Crippen LogP contribution in [-0.2, 0) is 93.3 Å². The van der Waals surface area contributed by atoms with Gasteiger partial charge in [-0.1, -0.05) is 74.2 Å². The fourth-order valence-corrected chi connectivity index (χ4v) is 12.6. The van der Waals surface area contributed by atoms with Gasteiger partial charge in [-0.3, -0.25) is 43.7 Å². The first-order chi connectivity index (χ1) is 48.1. The van der Waals surface area contributed by atoms with Crippen LogP contribution in [0.1, 0.15) is 126 Å². The predicted molar refractivity (Wildman–Crippen MR) is 377 cm³/mol. The van der Waals surface area contributed by atoms with Crippen LogP contribution in [0.15, 0.2) is 54.1 Å². The van der Waals surface area contributed by atoms with Crippen molar-refractivity contribution in [2.75, 3.05) is 92.6 Å². The molecule has 2 saturated heterocycles. The Morgan fingerprint density at radius 3 is 2.15 bits per heavy atom. The van der Waals surface area contributed by atoms with Gasteiger partial charge in [0, 0.05) is 82.1 Å². The molecule has 4 bridgehead atoms. The van der Waals surface area contributed by atoms with E-state index in [0.717, 1.165) is 28.0 Å². The van der Waals surface area contributed by atoms with Crippen molar-refractivity contribution in [3.05, 3.63) is 81.7 Å². The zero-order valence-electron chi connectivity index (χ0n) is 58.5. The Bertz CT molecular complexity index is 3500. The van der Waals surface area contributed by atoms with Gasteiger partial charge in [0.2, 0.25) is 35.4 Å². The van der Waals surface area contributed by atoms with Crippen LogP contribution in [0.2, 0.25) is 5.02 Å². The molecule has 32 heteroatoms. The fraction of sp³-hybridized carbons (Fsp3) is 0.594. The number of nitrogens with zero attached hydrogens (tertiary/aromatic N) is 4. The van der Waals surface area contributed by atoms with Gasteiger partial charge in [-0.2, -0.15) is 0 Å². The number of anilines is 1. The summed E-state index contributed by atoms with van der Waals surface area (Å²) in [5.41, 5.74) is 7.67. The van der Waals surface area contributed by atoms with Gasteiger partial charge in [-0.15, -0.1) is 0 Å². The third-order valence-electron chi connectivity index (χ3n) is 17.6. The molecule has 3 aromatic rings. The molecular formula is C69H94Br2ClN9O20. The quantitative estimate of drug-likeness (QED) is 0.0137. The van der Waals surface area contributed by atoms with Crippen LogP contribution in [-0.4, -0.2) is 221 Å². The number of rotatable bonds is 37. The van der Waals surface area contributed by atoms with Gasteiger partial charge in [0.05, 0.1) is 113 Å². The Kier molecular flexibility index (Phi) is 32.9. The zero-order chi connectivity index (χ0) is 74.1. The smallest absolute Gasteiger partial charge is 0.409 e. The molecule has 3 aliphatic heterocycles. The molecule has 6 rings (SSSR count). The van der Waals surface area contributed by atoms with Crippen molar-refractivity contribution in [1.82, 2.24) is 36.1 Å². The number of allylic oxidation sites excluding steroid dienone is 3. The lowest BCUT2D eigenvalue weighted by Gasteiger charge is -2.42. The maximum atomic E-state index is 14.4. The summed E-state index contributed by atoms with van der Waals surface area (Å²) in [5, 5.41) is 23.1. The number of nitrogens with one attached hydrogen (secondary N) is 4. The molecular weight excluding hydrogens is 1470 g/mol. The number of hydrogen-bond acceptors (Lipinski definition) is 22. The Balaban J connectivity index is 0.867. The van der Waals surface area contributed by atoms with E-state index in [4.69, 9.17) is 60.0 Å². The number of methoxy groups -OCH3 is 2. The topological polar surface area (TPSA) is 384 Å². The number of alkyl carbamates (subject to hydrolysis) is 1. The molecule has 4 heterocycles. The summed E-state index contributed by atoms with van der Waals surface area (Å²) in [6, 6.07) is 5.07. The largest absolute Gasteiger partial charge is 0.495 e. The van der Waals surface area contributed by atoms with E-state index in [0.29, 0.717) is 78.9 Å². The minimum atomic E-state index is -1.91. The second-order valence-electron chi connectivity index (χ2n) is 25.2. The van der Waals surface area contributed by atoms with Crippen LogP contribution in [0.4, 0.5) is 10.5 Å². The number of unbranched alkanes of at least 4 members (excludes halogenated alkanes) is 1. The first-order valence-corrected chi connectivity index (χ1v) is 36.0. The number of hydrogen-bond donors (Lipinski definition) is 6. The first kappa shape index (κ1) is 82.9. The van der Waals surface area contributed by atoms with E-state index in [9.17, 15) is 53.1 Å². The number of esters is 1. The van der Waals surface area contributed by atoms with Gasteiger partial charge in [0.15, 0.2) is 17.3 Å². The first-order valence-electron chi connectivity index (χ1n) is 33.3. The number of benzene rings is 2. The zero-order valence-corrected chi connectivity index (χ0v) is 62.4. The van der Waals surface area contributed by atoms with E-state index < -0.39 is 132 Å². The SMILES string of the molecule is COc1cc2cc(c1Cl)N(C)C(=O)C[C@H](OC(=O)[C@H](C)N(C)C(=O)CCCCC(=O)NCC(=O)[C@H](C)NC(=O)[C@H](CC(N)=O)NC(=O)CCOCCOCCOCCOCCCC(=O)c1ccc3nc(CBr)c(CBr)nc3c1)[C@]1(C)O[C@H]1[C@H](C)[C@@H]1C[C@@](O)(NC(=O)O1)[C@H](OC)/C=C/C=C(\C)C2. The van der Waals surface area contributed by atoms with E-state index in [1.54, 1.807) is 56.3 Å². The Hall–Kier alpha value is -7.07.